The highest BCUT2D eigenvalue weighted by atomic mass is 16.5. The van der Waals surface area contributed by atoms with Gasteiger partial charge in [-0.25, -0.2) is 4.79 Å². The quantitative estimate of drug-likeness (QED) is 0.651. The topological polar surface area (TPSA) is 68.9 Å². The minimum absolute atomic E-state index is 0.0399. The largest absolute Gasteiger partial charge is 0.466 e. The van der Waals surface area contributed by atoms with E-state index in [-0.39, 0.29) is 23.3 Å². The second-order valence-corrected chi connectivity index (χ2v) is 9.66. The fourth-order valence-corrected chi connectivity index (χ4v) is 5.18. The van der Waals surface area contributed by atoms with Crippen LogP contribution in [0.25, 0.3) is 0 Å². The van der Waals surface area contributed by atoms with Crippen LogP contribution in [-0.4, -0.2) is 23.6 Å². The van der Waals surface area contributed by atoms with Gasteiger partial charge in [-0.05, 0) is 63.5 Å². The second kappa shape index (κ2) is 7.58. The molecular weight excluding hydrogens is 366 g/mol. The molecule has 0 bridgehead atoms. The molecule has 1 aromatic heterocycles. The fraction of sp³-hybridized carbons (Fsp3) is 0.625. The van der Waals surface area contributed by atoms with Crippen LogP contribution in [0.15, 0.2) is 32.8 Å². The van der Waals surface area contributed by atoms with Crippen LogP contribution in [-0.2, 0) is 14.3 Å². The minimum Gasteiger partial charge on any atom is -0.466 e. The number of allylic oxidation sites excluding steroid dienone is 1. The molecule has 4 rings (SSSR count). The number of ketones is 1. The van der Waals surface area contributed by atoms with Crippen molar-refractivity contribution < 1.29 is 18.7 Å². The van der Waals surface area contributed by atoms with E-state index >= 15 is 0 Å². The molecule has 0 amide bonds. The summed E-state index contributed by atoms with van der Waals surface area (Å²) in [4.78, 5) is 31.2. The molecule has 2 atom stereocenters. The van der Waals surface area contributed by atoms with Crippen LogP contribution >= 0.6 is 0 Å². The van der Waals surface area contributed by atoms with Crippen molar-refractivity contribution in [3.05, 3.63) is 34.9 Å². The summed E-state index contributed by atoms with van der Waals surface area (Å²) >= 11 is 0. The highest BCUT2D eigenvalue weighted by molar-refractivity contribution is 6.12. The summed E-state index contributed by atoms with van der Waals surface area (Å²) < 4.78 is 11.8. The maximum atomic E-state index is 13.3. The summed E-state index contributed by atoms with van der Waals surface area (Å²) in [7, 11) is 0. The number of fused-ring (bicyclic) bond motifs is 1. The Hall–Kier alpha value is -2.17. The number of aliphatic imine (C=N–C) groups is 1. The molecule has 1 aliphatic heterocycles. The average molecular weight is 398 g/mol. The predicted octanol–water partition coefficient (Wildman–Crippen LogP) is 5.28. The van der Waals surface area contributed by atoms with E-state index in [1.54, 1.807) is 0 Å². The standard InChI is InChI=1S/C24H31NO4/c1-14-10-11-19(28-14)22-20(23(27)29-16-8-6-5-7-9-16)15(2)25-17-12-24(3,4)13-18(26)21(17)22/h10-11,16,21-22H,5-9,12-13H2,1-4H3/t21?,22-/m0/s1. The van der Waals surface area contributed by atoms with Crippen LogP contribution < -0.4 is 0 Å². The smallest absolute Gasteiger partial charge is 0.336 e. The van der Waals surface area contributed by atoms with Crippen molar-refractivity contribution in [3.63, 3.8) is 0 Å². The average Bonchev–Trinajstić information content (AvgIpc) is 3.06. The van der Waals surface area contributed by atoms with E-state index in [4.69, 9.17) is 14.1 Å². The first-order valence-corrected chi connectivity index (χ1v) is 10.8. The van der Waals surface area contributed by atoms with E-state index in [0.717, 1.165) is 43.6 Å². The number of hydrogen-bond donors (Lipinski definition) is 0. The number of rotatable bonds is 3. The molecule has 0 radical (unpaired) electrons. The van der Waals surface area contributed by atoms with Crippen LogP contribution in [0.1, 0.15) is 83.2 Å². The molecule has 0 saturated heterocycles. The van der Waals surface area contributed by atoms with Gasteiger partial charge in [-0.2, -0.15) is 0 Å². The van der Waals surface area contributed by atoms with E-state index in [9.17, 15) is 9.59 Å². The Bertz CT molecular complexity index is 882. The predicted molar refractivity (Wildman–Crippen MR) is 111 cm³/mol. The number of ether oxygens (including phenoxy) is 1. The first-order chi connectivity index (χ1) is 13.7. The molecule has 2 fully saturated rings. The Kier molecular flexibility index (Phi) is 5.26. The normalized spacial score (nSPS) is 27.4. The van der Waals surface area contributed by atoms with Gasteiger partial charge < -0.3 is 9.15 Å². The van der Waals surface area contributed by atoms with Gasteiger partial charge in [0.25, 0.3) is 0 Å². The SMILES string of the molecule is CC1=C(C(=O)OC2CCCCC2)[C@H](c2ccc(C)o2)C2C(=O)CC(C)(C)CC2=N1. The van der Waals surface area contributed by atoms with Gasteiger partial charge in [0.1, 0.15) is 23.4 Å². The van der Waals surface area contributed by atoms with E-state index in [1.807, 2.05) is 26.0 Å². The Balaban J connectivity index is 1.74. The molecule has 0 aromatic carbocycles. The van der Waals surface area contributed by atoms with Gasteiger partial charge in [0, 0.05) is 17.8 Å². The molecule has 2 heterocycles. The zero-order valence-corrected chi connectivity index (χ0v) is 17.9. The maximum Gasteiger partial charge on any atom is 0.336 e. The molecule has 1 unspecified atom stereocenters. The van der Waals surface area contributed by atoms with Gasteiger partial charge in [-0.1, -0.05) is 20.3 Å². The Morgan fingerprint density at radius 1 is 1.10 bits per heavy atom. The monoisotopic (exact) mass is 397 g/mol. The summed E-state index contributed by atoms with van der Waals surface area (Å²) in [6.07, 6.45) is 6.40. The third-order valence-corrected chi connectivity index (χ3v) is 6.48. The Morgan fingerprint density at radius 3 is 2.48 bits per heavy atom. The van der Waals surface area contributed by atoms with Gasteiger partial charge in [-0.3, -0.25) is 9.79 Å². The molecule has 29 heavy (non-hydrogen) atoms. The molecule has 2 aliphatic carbocycles. The molecule has 3 aliphatic rings. The van der Waals surface area contributed by atoms with Crippen molar-refractivity contribution >= 4 is 17.5 Å². The van der Waals surface area contributed by atoms with E-state index in [1.165, 1.54) is 6.42 Å². The molecule has 1 aromatic rings. The van der Waals surface area contributed by atoms with Crippen molar-refractivity contribution in [2.24, 2.45) is 16.3 Å². The zero-order chi connectivity index (χ0) is 20.8. The number of furan rings is 1. The fourth-order valence-electron chi connectivity index (χ4n) is 5.18. The van der Waals surface area contributed by atoms with Crippen LogP contribution in [0.2, 0.25) is 0 Å². The lowest BCUT2D eigenvalue weighted by molar-refractivity contribution is -0.146. The van der Waals surface area contributed by atoms with Crippen LogP contribution in [0.3, 0.4) is 0 Å². The van der Waals surface area contributed by atoms with Gasteiger partial charge in [0.05, 0.1) is 17.4 Å². The summed E-state index contributed by atoms with van der Waals surface area (Å²) in [5.74, 6) is 0.332. The summed E-state index contributed by atoms with van der Waals surface area (Å²) in [6.45, 7) is 7.93. The van der Waals surface area contributed by atoms with Crippen LogP contribution in [0.5, 0.6) is 0 Å². The van der Waals surface area contributed by atoms with Gasteiger partial charge >= 0.3 is 5.97 Å². The van der Waals surface area contributed by atoms with E-state index < -0.39 is 11.8 Å². The third kappa shape index (κ3) is 3.96. The number of nitrogens with zero attached hydrogens (tertiary/aromatic N) is 1. The first kappa shape index (κ1) is 20.1. The van der Waals surface area contributed by atoms with E-state index in [2.05, 4.69) is 13.8 Å². The number of aryl methyl sites for hydroxylation is 1. The van der Waals surface area contributed by atoms with E-state index in [0.29, 0.717) is 23.5 Å². The Labute approximate surface area is 172 Å². The molecular formula is C24H31NO4. The van der Waals surface area contributed by atoms with Crippen molar-refractivity contribution in [3.8, 4) is 0 Å². The molecule has 5 heteroatoms. The van der Waals surface area contributed by atoms with Gasteiger partial charge in [0.15, 0.2) is 0 Å². The maximum absolute atomic E-state index is 13.3. The number of hydrogen-bond acceptors (Lipinski definition) is 5. The highest BCUT2D eigenvalue weighted by Gasteiger charge is 2.49. The third-order valence-electron chi connectivity index (χ3n) is 6.48. The molecule has 5 nitrogen and oxygen atoms in total. The van der Waals surface area contributed by atoms with Crippen molar-refractivity contribution in [1.29, 1.82) is 0 Å². The summed E-state index contributed by atoms with van der Waals surface area (Å²) in [5.41, 5.74) is 1.90. The summed E-state index contributed by atoms with van der Waals surface area (Å²) in [5, 5.41) is 0. The molecule has 2 saturated carbocycles. The lowest BCUT2D eigenvalue weighted by Crippen LogP contribution is -2.44. The van der Waals surface area contributed by atoms with Crippen LogP contribution in [0, 0.1) is 18.3 Å². The zero-order valence-electron chi connectivity index (χ0n) is 17.9. The lowest BCUT2D eigenvalue weighted by Gasteiger charge is -2.40. The van der Waals surface area contributed by atoms with Crippen molar-refractivity contribution in [2.75, 3.05) is 0 Å². The van der Waals surface area contributed by atoms with Crippen molar-refractivity contribution in [2.45, 2.75) is 84.7 Å². The second-order valence-electron chi connectivity index (χ2n) is 9.66. The minimum atomic E-state index is -0.448. The number of carbonyl (C=O) groups excluding carboxylic acids is 2. The Morgan fingerprint density at radius 2 is 1.83 bits per heavy atom. The molecule has 156 valence electrons. The number of esters is 1. The first-order valence-electron chi connectivity index (χ1n) is 10.8. The number of Topliss-reactive ketones (excluding diaryl/α,β-unsaturated/α-hetero) is 1. The number of carbonyl (C=O) groups is 2. The van der Waals surface area contributed by atoms with Crippen molar-refractivity contribution in [1.82, 2.24) is 0 Å². The van der Waals surface area contributed by atoms with Crippen LogP contribution in [0.4, 0.5) is 0 Å². The van der Waals surface area contributed by atoms with Gasteiger partial charge in [0.2, 0.25) is 0 Å². The highest BCUT2D eigenvalue weighted by Crippen LogP contribution is 2.47. The molecule has 0 spiro atoms. The molecule has 0 N–H and O–H groups in total. The lowest BCUT2D eigenvalue weighted by atomic mass is 9.64. The van der Waals surface area contributed by atoms with Gasteiger partial charge in [-0.15, -0.1) is 0 Å². The summed E-state index contributed by atoms with van der Waals surface area (Å²) in [6, 6.07) is 3.77.